The average molecular weight is 1350 g/mol. The van der Waals surface area contributed by atoms with E-state index in [0.29, 0.717) is 59.7 Å². The molecule has 0 aromatic carbocycles. The van der Waals surface area contributed by atoms with Crippen molar-refractivity contribution >= 4 is 11.5 Å². The first-order valence-electron chi connectivity index (χ1n) is 36.7. The SMILES string of the molecule is C.CC(C)c1cncn1C1CC1.CC(C)c1nncn1C1CC1.CC(C)c1nocc1C1CC1.CC(C)c1nocc1C1CC1.CC(C)c1nscc1C1CC1.CC(C)c1oncc1C1CC1.CC(C)n1ccnc1.CC(C)n1cncc1C1CC1.CC(C)n1nncc1C1CC1. The molecule has 0 atom stereocenters. The number of nitrogens with zero attached hydrogens (tertiary/aromatic N) is 16. The average Bonchev–Trinajstić information content (AvgIpc) is 1.80. The number of imidazole rings is 3. The van der Waals surface area contributed by atoms with Gasteiger partial charge in [-0.1, -0.05) is 111 Å². The van der Waals surface area contributed by atoms with Gasteiger partial charge in [-0.15, -0.1) is 15.3 Å². The van der Waals surface area contributed by atoms with Gasteiger partial charge in [0.15, 0.2) is 0 Å². The van der Waals surface area contributed by atoms with Gasteiger partial charge in [0.05, 0.1) is 54.2 Å². The van der Waals surface area contributed by atoms with E-state index in [-0.39, 0.29) is 7.43 Å². The lowest BCUT2D eigenvalue weighted by atomic mass is 10.0. The van der Waals surface area contributed by atoms with Gasteiger partial charge in [0.25, 0.3) is 0 Å². The molecule has 0 bridgehead atoms. The molecule has 0 unspecified atom stereocenters. The van der Waals surface area contributed by atoms with E-state index < -0.39 is 0 Å². The summed E-state index contributed by atoms with van der Waals surface area (Å²) in [6, 6.07) is 3.04. The summed E-state index contributed by atoms with van der Waals surface area (Å²) < 4.78 is 30.4. The van der Waals surface area contributed by atoms with E-state index in [9.17, 15) is 0 Å². The van der Waals surface area contributed by atoms with Crippen LogP contribution in [0, 0.1) is 0 Å². The molecule has 8 fully saturated rings. The molecule has 19 nitrogen and oxygen atoms in total. The Bertz CT molecular complexity index is 2840. The minimum absolute atomic E-state index is 0. The van der Waals surface area contributed by atoms with Crippen molar-refractivity contribution in [2.45, 2.75) is 336 Å². The molecular weight excluding hydrogens is 1230 g/mol. The maximum Gasteiger partial charge on any atom is 0.142 e. The predicted molar refractivity (Wildman–Crippen MR) is 389 cm³/mol. The van der Waals surface area contributed by atoms with Crippen LogP contribution in [-0.2, 0) is 0 Å². The van der Waals surface area contributed by atoms with Crippen molar-refractivity contribution in [2.75, 3.05) is 0 Å². The van der Waals surface area contributed by atoms with E-state index in [1.165, 1.54) is 148 Å². The maximum absolute atomic E-state index is 5.18. The zero-order chi connectivity index (χ0) is 68.7. The molecule has 9 heterocycles. The fraction of sp³-hybridized carbons (Fsp3) is 0.675. The molecule has 0 N–H and O–H groups in total. The van der Waals surface area contributed by atoms with Crippen LogP contribution in [0.25, 0.3) is 0 Å². The first-order chi connectivity index (χ1) is 46.1. The Labute approximate surface area is 584 Å². The van der Waals surface area contributed by atoms with Crippen molar-refractivity contribution in [1.29, 1.82) is 0 Å². The first-order valence-corrected chi connectivity index (χ1v) is 37.5. The van der Waals surface area contributed by atoms with Crippen LogP contribution >= 0.6 is 11.5 Å². The Morgan fingerprint density at radius 2 is 0.969 bits per heavy atom. The maximum atomic E-state index is 5.18. The largest absolute Gasteiger partial charge is 0.364 e. The van der Waals surface area contributed by atoms with Crippen molar-refractivity contribution < 1.29 is 13.6 Å². The number of aromatic nitrogens is 16. The summed E-state index contributed by atoms with van der Waals surface area (Å²) in [5.41, 5.74) is 13.4. The van der Waals surface area contributed by atoms with Crippen LogP contribution in [0.15, 0.2) is 94.0 Å². The normalized spacial score (nSPS) is 16.9. The zero-order valence-corrected chi connectivity index (χ0v) is 62.2. The Balaban J connectivity index is 0.000000139. The predicted octanol–water partition coefficient (Wildman–Crippen LogP) is 21.4. The first kappa shape index (κ1) is 75.9. The fourth-order valence-electron chi connectivity index (χ4n) is 11.6. The van der Waals surface area contributed by atoms with E-state index in [1.807, 2.05) is 73.5 Å². The van der Waals surface area contributed by atoms with E-state index in [4.69, 9.17) is 13.6 Å². The number of rotatable bonds is 17. The van der Waals surface area contributed by atoms with Crippen LogP contribution in [0.4, 0.5) is 0 Å². The van der Waals surface area contributed by atoms with Gasteiger partial charge < -0.3 is 31.8 Å². The summed E-state index contributed by atoms with van der Waals surface area (Å²) >= 11 is 1.61. The van der Waals surface area contributed by atoms with Crippen molar-refractivity contribution in [1.82, 2.24) is 78.3 Å². The second kappa shape index (κ2) is 35.8. The van der Waals surface area contributed by atoms with Gasteiger partial charge in [0.1, 0.15) is 30.4 Å². The van der Waals surface area contributed by atoms with Gasteiger partial charge in [0.2, 0.25) is 0 Å². The molecule has 9 aromatic heterocycles. The quantitative estimate of drug-likeness (QED) is 0.0832. The van der Waals surface area contributed by atoms with Crippen molar-refractivity contribution in [3.05, 3.63) is 148 Å². The number of hydrogen-bond donors (Lipinski definition) is 0. The minimum Gasteiger partial charge on any atom is -0.364 e. The molecule has 8 aliphatic carbocycles. The van der Waals surface area contributed by atoms with Crippen molar-refractivity contribution in [3.8, 4) is 0 Å². The fourth-order valence-corrected chi connectivity index (χ4v) is 12.5. The van der Waals surface area contributed by atoms with Crippen LogP contribution < -0.4 is 0 Å². The molecule has 9 aromatic rings. The van der Waals surface area contributed by atoms with Crippen LogP contribution in [0.3, 0.4) is 0 Å². The Hall–Kier alpha value is -6.83. The van der Waals surface area contributed by atoms with E-state index in [1.54, 1.807) is 17.7 Å². The lowest BCUT2D eigenvalue weighted by Crippen LogP contribution is -2.06. The molecule has 20 heteroatoms. The summed E-state index contributed by atoms with van der Waals surface area (Å²) in [7, 11) is 0. The molecule has 0 saturated heterocycles. The van der Waals surface area contributed by atoms with Crippen LogP contribution in [-0.4, -0.2) is 78.3 Å². The Kier molecular flexibility index (Phi) is 28.0. The third kappa shape index (κ3) is 22.9. The third-order valence-corrected chi connectivity index (χ3v) is 19.1. The molecule has 532 valence electrons. The molecular formula is C77H120N16O3S. The van der Waals surface area contributed by atoms with Crippen molar-refractivity contribution in [2.24, 2.45) is 0 Å². The third-order valence-electron chi connectivity index (χ3n) is 18.5. The van der Waals surface area contributed by atoms with Gasteiger partial charge in [-0.05, 0) is 209 Å². The summed E-state index contributed by atoms with van der Waals surface area (Å²) in [6.45, 7) is 39.0. The van der Waals surface area contributed by atoms with E-state index in [2.05, 4.69) is 204 Å². The second-order valence-electron chi connectivity index (χ2n) is 30.6. The molecule has 8 saturated carbocycles. The van der Waals surface area contributed by atoms with E-state index >= 15 is 0 Å². The van der Waals surface area contributed by atoms with Crippen LogP contribution in [0.2, 0.25) is 0 Å². The van der Waals surface area contributed by atoms with Gasteiger partial charge in [-0.25, -0.2) is 19.6 Å². The standard InChI is InChI=1S/2C9H14N2.3C9H13NO.C9H13NS.2C8H13N3.C6H10N2.CH4/c1-7(2)11-6-10-5-9(11)8-3-4-8;1-7(2)9-5-10-6-11(9)8-3-4-8;2*1-6(2)9-8(5-11-10-9)7-3-4-7;1-6(2)9-8(5-10-11-9)7-3-4-7;1-6(2)9-8(5-11-10-9)7-3-4-7;1-6(2)8-10-9-5-11(8)7-3-4-7;1-6(2)11-8(5-9-10-11)7-3-4-7;1-6(2)8-4-3-7-5-8;/h2*5-8H,3-4H2,1-2H3;6*5-7H,3-4H2,1-2H3;3-6H,1-2H3;1H4. The highest BCUT2D eigenvalue weighted by Gasteiger charge is 2.34. The van der Waals surface area contributed by atoms with Crippen molar-refractivity contribution in [3.63, 3.8) is 0 Å². The lowest BCUT2D eigenvalue weighted by molar-refractivity contribution is 0.369. The summed E-state index contributed by atoms with van der Waals surface area (Å²) in [5.74, 6) is 10.2. The summed E-state index contributed by atoms with van der Waals surface area (Å²) in [4.78, 5) is 12.2. The molecule has 97 heavy (non-hydrogen) atoms. The molecule has 0 aliphatic heterocycles. The highest BCUT2D eigenvalue weighted by atomic mass is 32.1. The van der Waals surface area contributed by atoms with E-state index in [0.717, 1.165) is 64.5 Å². The molecule has 17 rings (SSSR count). The molecule has 0 spiro atoms. The van der Waals surface area contributed by atoms with Gasteiger partial charge in [-0.3, -0.25) is 0 Å². The Morgan fingerprint density at radius 3 is 1.42 bits per heavy atom. The lowest BCUT2D eigenvalue weighted by Gasteiger charge is -2.10. The minimum atomic E-state index is 0. The monoisotopic (exact) mass is 1350 g/mol. The van der Waals surface area contributed by atoms with Gasteiger partial charge in [-0.2, -0.15) is 4.37 Å². The number of hydrogen-bond acceptors (Lipinski definition) is 15. The molecule has 8 aliphatic rings. The van der Waals surface area contributed by atoms with Crippen LogP contribution in [0.5, 0.6) is 0 Å². The van der Waals surface area contributed by atoms with Gasteiger partial charge >= 0.3 is 0 Å². The topological polar surface area (TPSA) is 206 Å². The zero-order valence-electron chi connectivity index (χ0n) is 61.4. The van der Waals surface area contributed by atoms with Crippen LogP contribution in [0.1, 0.15) is 404 Å². The Morgan fingerprint density at radius 1 is 0.443 bits per heavy atom. The highest BCUT2D eigenvalue weighted by Crippen LogP contribution is 2.47. The summed E-state index contributed by atoms with van der Waals surface area (Å²) in [5, 5.41) is 30.0. The second-order valence-corrected chi connectivity index (χ2v) is 31.2. The summed E-state index contributed by atoms with van der Waals surface area (Å²) in [6.07, 6.45) is 44.1. The van der Waals surface area contributed by atoms with Gasteiger partial charge in [0, 0.05) is 112 Å². The smallest absolute Gasteiger partial charge is 0.142 e. The molecule has 0 radical (unpaired) electrons. The highest BCUT2D eigenvalue weighted by molar-refractivity contribution is 7.03. The molecule has 0 amide bonds.